The summed E-state index contributed by atoms with van der Waals surface area (Å²) in [7, 11) is 0. The number of carbonyl (C=O) groups excluding carboxylic acids is 1. The first-order chi connectivity index (χ1) is 7.41. The smallest absolute Gasteiger partial charge is 0.329 e. The van der Waals surface area contributed by atoms with E-state index in [2.05, 4.69) is 12.8 Å². The van der Waals surface area contributed by atoms with Gasteiger partial charge in [0.05, 0.1) is 6.10 Å². The van der Waals surface area contributed by atoms with E-state index in [9.17, 15) is 9.18 Å². The van der Waals surface area contributed by atoms with Gasteiger partial charge < -0.3 is 10.5 Å². The van der Waals surface area contributed by atoms with Crippen LogP contribution in [0.1, 0.15) is 13.8 Å². The Morgan fingerprint density at radius 3 is 2.69 bits per heavy atom. The maximum absolute atomic E-state index is 13.0. The van der Waals surface area contributed by atoms with E-state index < -0.39 is 11.8 Å². The summed E-state index contributed by atoms with van der Waals surface area (Å²) in [6.45, 7) is 3.64. The van der Waals surface area contributed by atoms with E-state index in [1.807, 2.05) is 13.8 Å². The summed E-state index contributed by atoms with van der Waals surface area (Å²) in [5.74, 6) is -0.142. The molecule has 1 aromatic carbocycles. The van der Waals surface area contributed by atoms with Gasteiger partial charge in [-0.05, 0) is 26.0 Å². The quantitative estimate of drug-likeness (QED) is 0.802. The van der Waals surface area contributed by atoms with Gasteiger partial charge in [0.2, 0.25) is 0 Å². The molecule has 0 saturated heterocycles. The molecule has 0 aliphatic rings. The van der Waals surface area contributed by atoms with Crippen molar-refractivity contribution >= 4 is 24.5 Å². The van der Waals surface area contributed by atoms with Crippen molar-refractivity contribution in [3.8, 4) is 5.75 Å². The lowest BCUT2D eigenvalue weighted by Gasteiger charge is -2.19. The highest BCUT2D eigenvalue weighted by Crippen LogP contribution is 2.31. The van der Waals surface area contributed by atoms with Gasteiger partial charge in [-0.2, -0.15) is 0 Å². The van der Waals surface area contributed by atoms with Gasteiger partial charge in [0, 0.05) is 6.07 Å². The van der Waals surface area contributed by atoms with Crippen LogP contribution in [0.4, 0.5) is 14.9 Å². The number of nitrogens with zero attached hydrogens (tertiary/aromatic N) is 1. The van der Waals surface area contributed by atoms with E-state index in [-0.39, 0.29) is 11.8 Å². The predicted molar refractivity (Wildman–Crippen MR) is 63.2 cm³/mol. The number of ether oxygens (including phenoxy) is 1. The normalized spacial score (nSPS) is 10.3. The molecule has 4 nitrogen and oxygen atoms in total. The zero-order valence-corrected chi connectivity index (χ0v) is 9.87. The molecule has 0 aliphatic carbocycles. The Bertz CT molecular complexity index is 398. The lowest BCUT2D eigenvalue weighted by molar-refractivity contribution is 0.241. The molecule has 2 amide bonds. The second-order valence-corrected chi connectivity index (χ2v) is 3.83. The van der Waals surface area contributed by atoms with Crippen LogP contribution in [0.3, 0.4) is 0 Å². The van der Waals surface area contributed by atoms with Crippen LogP contribution in [-0.4, -0.2) is 12.1 Å². The molecule has 6 heteroatoms. The predicted octanol–water partition coefficient (Wildman–Crippen LogP) is 2.34. The maximum Gasteiger partial charge on any atom is 0.329 e. The van der Waals surface area contributed by atoms with Gasteiger partial charge in [-0.3, -0.25) is 0 Å². The van der Waals surface area contributed by atoms with Gasteiger partial charge in [-0.15, -0.1) is 0 Å². The molecule has 0 radical (unpaired) electrons. The number of nitrogens with two attached hydrogens (primary N) is 1. The molecule has 0 fully saturated rings. The standard InChI is InChI=1S/C10H13FN2O2S/c1-6(2)15-9-4-3-7(11)5-8(9)13(16)10(12)14/h3-6,16H,1-2H3,(H2,12,14). The van der Waals surface area contributed by atoms with Crippen molar-refractivity contribution in [1.29, 1.82) is 0 Å². The number of primary amides is 1. The first-order valence-corrected chi connectivity index (χ1v) is 5.06. The Hall–Kier alpha value is -1.43. The van der Waals surface area contributed by atoms with Crippen LogP contribution in [0.25, 0.3) is 0 Å². The first-order valence-electron chi connectivity index (χ1n) is 4.66. The molecule has 88 valence electrons. The molecule has 0 bridgehead atoms. The number of hydrogen-bond acceptors (Lipinski definition) is 3. The fourth-order valence-corrected chi connectivity index (χ4v) is 1.28. The Morgan fingerprint density at radius 1 is 1.56 bits per heavy atom. The van der Waals surface area contributed by atoms with E-state index >= 15 is 0 Å². The number of anilines is 1. The van der Waals surface area contributed by atoms with Crippen molar-refractivity contribution in [2.75, 3.05) is 4.31 Å². The minimum absolute atomic E-state index is 0.0983. The lowest BCUT2D eigenvalue weighted by atomic mass is 10.2. The highest BCUT2D eigenvalue weighted by molar-refractivity contribution is 7.82. The van der Waals surface area contributed by atoms with Gasteiger partial charge in [0.15, 0.2) is 0 Å². The van der Waals surface area contributed by atoms with Crippen molar-refractivity contribution in [1.82, 2.24) is 0 Å². The molecule has 1 rings (SSSR count). The molecular formula is C10H13FN2O2S. The summed E-state index contributed by atoms with van der Waals surface area (Å²) in [6.07, 6.45) is -0.0983. The molecular weight excluding hydrogens is 231 g/mol. The molecule has 0 unspecified atom stereocenters. The fourth-order valence-electron chi connectivity index (χ4n) is 1.13. The minimum atomic E-state index is -0.803. The van der Waals surface area contributed by atoms with Crippen LogP contribution in [0.5, 0.6) is 5.75 Å². The van der Waals surface area contributed by atoms with Crippen molar-refractivity contribution < 1.29 is 13.9 Å². The molecule has 0 aromatic heterocycles. The van der Waals surface area contributed by atoms with Crippen molar-refractivity contribution in [3.63, 3.8) is 0 Å². The summed E-state index contributed by atoms with van der Waals surface area (Å²) in [5, 5.41) is 0. The fraction of sp³-hybridized carbons (Fsp3) is 0.300. The van der Waals surface area contributed by atoms with E-state index in [0.29, 0.717) is 5.75 Å². The van der Waals surface area contributed by atoms with Gasteiger partial charge in [-0.1, -0.05) is 12.8 Å². The van der Waals surface area contributed by atoms with Gasteiger partial charge >= 0.3 is 6.03 Å². The van der Waals surface area contributed by atoms with Crippen LogP contribution in [-0.2, 0) is 0 Å². The average molecular weight is 244 g/mol. The zero-order chi connectivity index (χ0) is 12.3. The Kier molecular flexibility index (Phi) is 4.00. The SMILES string of the molecule is CC(C)Oc1ccc(F)cc1N(S)C(N)=O. The second-order valence-electron chi connectivity index (χ2n) is 3.43. The second kappa shape index (κ2) is 5.07. The summed E-state index contributed by atoms with van der Waals surface area (Å²) in [6, 6.07) is 3.00. The summed E-state index contributed by atoms with van der Waals surface area (Å²) < 4.78 is 19.3. The third-order valence-corrected chi connectivity index (χ3v) is 2.13. The molecule has 0 heterocycles. The molecule has 0 spiro atoms. The Morgan fingerprint density at radius 2 is 2.19 bits per heavy atom. The topological polar surface area (TPSA) is 55.6 Å². The van der Waals surface area contributed by atoms with E-state index in [1.54, 1.807) is 0 Å². The highest BCUT2D eigenvalue weighted by Gasteiger charge is 2.15. The molecule has 16 heavy (non-hydrogen) atoms. The summed E-state index contributed by atoms with van der Waals surface area (Å²) >= 11 is 3.87. The number of benzene rings is 1. The van der Waals surface area contributed by atoms with E-state index in [1.165, 1.54) is 12.1 Å². The Labute approximate surface area is 98.7 Å². The van der Waals surface area contributed by atoms with Gasteiger partial charge in [-0.25, -0.2) is 13.5 Å². The molecule has 0 saturated carbocycles. The number of halogens is 1. The molecule has 1 aromatic rings. The van der Waals surface area contributed by atoms with E-state index in [4.69, 9.17) is 10.5 Å². The van der Waals surface area contributed by atoms with E-state index in [0.717, 1.165) is 10.4 Å². The number of thiol groups is 1. The van der Waals surface area contributed by atoms with Crippen molar-refractivity contribution in [3.05, 3.63) is 24.0 Å². The molecule has 0 atom stereocenters. The number of carbonyl (C=O) groups is 1. The summed E-state index contributed by atoms with van der Waals surface area (Å²) in [4.78, 5) is 10.9. The largest absolute Gasteiger partial charge is 0.489 e. The number of amides is 2. The third-order valence-electron chi connectivity index (χ3n) is 1.72. The van der Waals surface area contributed by atoms with Crippen LogP contribution in [0, 0.1) is 5.82 Å². The van der Waals surface area contributed by atoms with Gasteiger partial charge in [0.25, 0.3) is 0 Å². The maximum atomic E-state index is 13.0. The molecule has 0 aliphatic heterocycles. The lowest BCUT2D eigenvalue weighted by Crippen LogP contribution is -2.28. The summed E-state index contributed by atoms with van der Waals surface area (Å²) in [5.41, 5.74) is 5.24. The molecule has 2 N–H and O–H groups in total. The van der Waals surface area contributed by atoms with Crippen molar-refractivity contribution in [2.45, 2.75) is 20.0 Å². The van der Waals surface area contributed by atoms with Crippen LogP contribution in [0.15, 0.2) is 18.2 Å². The number of rotatable bonds is 3. The van der Waals surface area contributed by atoms with Crippen molar-refractivity contribution in [2.24, 2.45) is 5.73 Å². The van der Waals surface area contributed by atoms with Gasteiger partial charge in [0.1, 0.15) is 17.3 Å². The minimum Gasteiger partial charge on any atom is -0.489 e. The zero-order valence-electron chi connectivity index (χ0n) is 8.98. The Balaban J connectivity index is 3.12. The van der Waals surface area contributed by atoms with Crippen LogP contribution >= 0.6 is 12.8 Å². The number of hydrogen-bond donors (Lipinski definition) is 2. The highest BCUT2D eigenvalue weighted by atomic mass is 32.1. The third kappa shape index (κ3) is 3.03. The average Bonchev–Trinajstić information content (AvgIpc) is 2.18. The van der Waals surface area contributed by atoms with Crippen LogP contribution < -0.4 is 14.8 Å². The monoisotopic (exact) mass is 244 g/mol. The number of urea groups is 1. The first kappa shape index (κ1) is 12.6. The van der Waals surface area contributed by atoms with Crippen LogP contribution in [0.2, 0.25) is 0 Å².